The smallest absolute Gasteiger partial charge is 0.344 e. The van der Waals surface area contributed by atoms with Crippen molar-refractivity contribution in [3.05, 3.63) is 34.4 Å². The molecule has 0 fully saturated rings. The van der Waals surface area contributed by atoms with Gasteiger partial charge in [0.25, 0.3) is 0 Å². The zero-order valence-corrected chi connectivity index (χ0v) is 9.60. The van der Waals surface area contributed by atoms with E-state index in [1.807, 2.05) is 0 Å². The fraction of sp³-hybridized carbons (Fsp3) is 0.273. The van der Waals surface area contributed by atoms with Crippen LogP contribution in [-0.4, -0.2) is 24.2 Å². The van der Waals surface area contributed by atoms with E-state index in [9.17, 15) is 27.2 Å². The lowest BCUT2D eigenvalue weighted by molar-refractivity contribution is -0.136. The van der Waals surface area contributed by atoms with Crippen molar-refractivity contribution in [1.29, 1.82) is 0 Å². The van der Waals surface area contributed by atoms with Gasteiger partial charge in [-0.05, 0) is 6.42 Å². The number of methoxy groups -OCH3 is 1. The Hall–Kier alpha value is -2.12. The van der Waals surface area contributed by atoms with Crippen molar-refractivity contribution in [3.8, 4) is 0 Å². The molecule has 0 aliphatic heterocycles. The average Bonchev–Trinajstić information content (AvgIpc) is 2.36. The summed E-state index contributed by atoms with van der Waals surface area (Å²) in [5.74, 6) is -10.4. The van der Waals surface area contributed by atoms with Gasteiger partial charge in [0.2, 0.25) is 0 Å². The molecule has 0 radical (unpaired) electrons. The van der Waals surface area contributed by atoms with Crippen molar-refractivity contribution < 1.29 is 37.0 Å². The van der Waals surface area contributed by atoms with E-state index >= 15 is 0 Å². The molecule has 0 aliphatic rings. The van der Waals surface area contributed by atoms with Crippen LogP contribution in [0.15, 0.2) is 0 Å². The number of esters is 1. The number of ether oxygens (including phenoxy) is 1. The van der Waals surface area contributed by atoms with Crippen LogP contribution in [0.5, 0.6) is 0 Å². The summed E-state index contributed by atoms with van der Waals surface area (Å²) in [7, 11) is 0.787. The van der Waals surface area contributed by atoms with E-state index in [2.05, 4.69) is 4.74 Å². The minimum Gasteiger partial charge on any atom is -0.481 e. The molecule has 0 amide bonds. The van der Waals surface area contributed by atoms with E-state index in [0.29, 0.717) is 0 Å². The number of carbonyl (C=O) groups excluding carboxylic acids is 1. The van der Waals surface area contributed by atoms with Gasteiger partial charge in [0.1, 0.15) is 5.56 Å². The molecule has 0 saturated carbocycles. The third-order valence-electron chi connectivity index (χ3n) is 2.33. The quantitative estimate of drug-likeness (QED) is 0.521. The summed E-state index contributed by atoms with van der Waals surface area (Å²) in [6.07, 6.45) is -1.47. The highest BCUT2D eigenvalue weighted by molar-refractivity contribution is 5.90. The van der Waals surface area contributed by atoms with E-state index in [0.717, 1.165) is 7.11 Å². The molecular formula is C11H8F4O4. The van der Waals surface area contributed by atoms with E-state index in [1.165, 1.54) is 0 Å². The van der Waals surface area contributed by atoms with Crippen LogP contribution in [0.25, 0.3) is 0 Å². The topological polar surface area (TPSA) is 63.6 Å². The summed E-state index contributed by atoms with van der Waals surface area (Å²) in [4.78, 5) is 21.3. The van der Waals surface area contributed by atoms with Crippen molar-refractivity contribution in [1.82, 2.24) is 0 Å². The molecule has 0 heterocycles. The SMILES string of the molecule is COC(=O)c1c(F)c(F)c(CCC(=O)O)c(F)c1F. The predicted molar refractivity (Wildman–Crippen MR) is 53.6 cm³/mol. The van der Waals surface area contributed by atoms with Crippen molar-refractivity contribution >= 4 is 11.9 Å². The Bertz CT molecular complexity index is 513. The van der Waals surface area contributed by atoms with Crippen molar-refractivity contribution in [2.24, 2.45) is 0 Å². The lowest BCUT2D eigenvalue weighted by atomic mass is 10.0. The lowest BCUT2D eigenvalue weighted by Crippen LogP contribution is -2.15. The second-order valence-corrected chi connectivity index (χ2v) is 3.49. The Labute approximate surface area is 104 Å². The normalized spacial score (nSPS) is 10.4. The van der Waals surface area contributed by atoms with Crippen molar-refractivity contribution in [3.63, 3.8) is 0 Å². The Kier molecular flexibility index (Phi) is 4.47. The van der Waals surface area contributed by atoms with Crippen LogP contribution < -0.4 is 0 Å². The molecule has 0 aromatic heterocycles. The average molecular weight is 280 g/mol. The maximum atomic E-state index is 13.5. The first-order valence-corrected chi connectivity index (χ1v) is 4.96. The molecule has 4 nitrogen and oxygen atoms in total. The summed E-state index contributed by atoms with van der Waals surface area (Å²) < 4.78 is 57.8. The summed E-state index contributed by atoms with van der Waals surface area (Å²) in [6.45, 7) is 0. The van der Waals surface area contributed by atoms with Crippen LogP contribution in [0, 0.1) is 23.3 Å². The van der Waals surface area contributed by atoms with Gasteiger partial charge in [0.05, 0.1) is 7.11 Å². The molecular weight excluding hydrogens is 272 g/mol. The summed E-state index contributed by atoms with van der Waals surface area (Å²) in [6, 6.07) is 0. The zero-order chi connectivity index (χ0) is 14.7. The van der Waals surface area contributed by atoms with Gasteiger partial charge >= 0.3 is 11.9 Å². The first-order chi connectivity index (χ1) is 8.81. The van der Waals surface area contributed by atoms with Crippen LogP contribution in [0.2, 0.25) is 0 Å². The van der Waals surface area contributed by atoms with Gasteiger partial charge in [-0.1, -0.05) is 0 Å². The molecule has 1 aromatic carbocycles. The second-order valence-electron chi connectivity index (χ2n) is 3.49. The molecule has 0 saturated heterocycles. The number of aliphatic carboxylic acids is 1. The maximum absolute atomic E-state index is 13.5. The molecule has 1 N–H and O–H groups in total. The number of benzene rings is 1. The largest absolute Gasteiger partial charge is 0.481 e. The van der Waals surface area contributed by atoms with Crippen LogP contribution in [-0.2, 0) is 16.0 Å². The van der Waals surface area contributed by atoms with Gasteiger partial charge in [0.15, 0.2) is 23.3 Å². The number of halogens is 4. The minimum atomic E-state index is -1.91. The fourth-order valence-corrected chi connectivity index (χ4v) is 1.41. The highest BCUT2D eigenvalue weighted by Gasteiger charge is 2.29. The first kappa shape index (κ1) is 14.9. The molecule has 104 valence electrons. The van der Waals surface area contributed by atoms with Crippen LogP contribution in [0.3, 0.4) is 0 Å². The second kappa shape index (κ2) is 5.68. The third kappa shape index (κ3) is 2.83. The van der Waals surface area contributed by atoms with Crippen LogP contribution in [0.4, 0.5) is 17.6 Å². The third-order valence-corrected chi connectivity index (χ3v) is 2.33. The Morgan fingerprint density at radius 1 is 1.05 bits per heavy atom. The molecule has 19 heavy (non-hydrogen) atoms. The number of carboxylic acids is 1. The predicted octanol–water partition coefficient (Wildman–Crippen LogP) is 2.05. The Morgan fingerprint density at radius 3 is 1.89 bits per heavy atom. The van der Waals surface area contributed by atoms with Gasteiger partial charge in [-0.15, -0.1) is 0 Å². The van der Waals surface area contributed by atoms with E-state index in [-0.39, 0.29) is 0 Å². The van der Waals surface area contributed by atoms with E-state index < -0.39 is 59.2 Å². The van der Waals surface area contributed by atoms with Gasteiger partial charge in [-0.25, -0.2) is 22.4 Å². The highest BCUT2D eigenvalue weighted by Crippen LogP contribution is 2.25. The van der Waals surface area contributed by atoms with Gasteiger partial charge in [0, 0.05) is 12.0 Å². The standard InChI is InChI=1S/C11H8F4O4/c1-19-11(18)6-9(14)7(12)4(2-3-5(16)17)8(13)10(6)15/h2-3H2,1H3,(H,16,17). The van der Waals surface area contributed by atoms with Crippen LogP contribution in [0.1, 0.15) is 22.3 Å². The molecule has 8 heteroatoms. The number of carboxylic acid groups (broad SMARTS) is 1. The number of carbonyl (C=O) groups is 2. The summed E-state index contributed by atoms with van der Waals surface area (Å²) in [5.41, 5.74) is -2.55. The minimum absolute atomic E-state index is 0.718. The lowest BCUT2D eigenvalue weighted by Gasteiger charge is -2.10. The molecule has 0 atom stereocenters. The number of hydrogen-bond donors (Lipinski definition) is 1. The van der Waals surface area contributed by atoms with Crippen LogP contribution >= 0.6 is 0 Å². The Morgan fingerprint density at radius 2 is 1.53 bits per heavy atom. The van der Waals surface area contributed by atoms with Gasteiger partial charge < -0.3 is 9.84 Å². The molecule has 1 rings (SSSR count). The van der Waals surface area contributed by atoms with E-state index in [4.69, 9.17) is 5.11 Å². The number of hydrogen-bond acceptors (Lipinski definition) is 3. The molecule has 0 unspecified atom stereocenters. The van der Waals surface area contributed by atoms with Gasteiger partial charge in [-0.3, -0.25) is 4.79 Å². The zero-order valence-electron chi connectivity index (χ0n) is 9.60. The molecule has 0 bridgehead atoms. The highest BCUT2D eigenvalue weighted by atomic mass is 19.2. The summed E-state index contributed by atoms with van der Waals surface area (Å²) >= 11 is 0. The fourth-order valence-electron chi connectivity index (χ4n) is 1.41. The van der Waals surface area contributed by atoms with Crippen molar-refractivity contribution in [2.45, 2.75) is 12.8 Å². The summed E-state index contributed by atoms with van der Waals surface area (Å²) in [5, 5.41) is 8.37. The van der Waals surface area contributed by atoms with Gasteiger partial charge in [-0.2, -0.15) is 0 Å². The Balaban J connectivity index is 3.38. The van der Waals surface area contributed by atoms with E-state index in [1.54, 1.807) is 0 Å². The first-order valence-electron chi connectivity index (χ1n) is 4.96. The molecule has 0 aliphatic carbocycles. The monoisotopic (exact) mass is 280 g/mol. The number of rotatable bonds is 4. The van der Waals surface area contributed by atoms with Crippen molar-refractivity contribution in [2.75, 3.05) is 7.11 Å². The molecule has 0 spiro atoms. The maximum Gasteiger partial charge on any atom is 0.344 e. The molecule has 1 aromatic rings.